The molecule has 2 atom stereocenters. The van der Waals surface area contributed by atoms with Crippen molar-refractivity contribution < 1.29 is 14.4 Å². The fourth-order valence-electron chi connectivity index (χ4n) is 1.84. The number of hydrogen-bond acceptors (Lipinski definition) is 4. The molecule has 1 amide bonds. The molecular weight excluding hydrogens is 256 g/mol. The standard InChI is InChI=1S/C15H26N2O3/c1-9(2)15(6,19)8-16-14(18)10(3)7-13-11(4)17-20-12(13)5/h9-10,19H,7-8H2,1-6H3,(H,16,18). The van der Waals surface area contributed by atoms with E-state index < -0.39 is 5.60 Å². The average Bonchev–Trinajstić information content (AvgIpc) is 2.67. The summed E-state index contributed by atoms with van der Waals surface area (Å²) in [6.07, 6.45) is 0.594. The van der Waals surface area contributed by atoms with Gasteiger partial charge in [0.1, 0.15) is 5.76 Å². The Labute approximate surface area is 120 Å². The van der Waals surface area contributed by atoms with Crippen LogP contribution in [-0.2, 0) is 11.2 Å². The summed E-state index contributed by atoms with van der Waals surface area (Å²) in [5, 5.41) is 16.8. The van der Waals surface area contributed by atoms with Gasteiger partial charge in [-0.1, -0.05) is 25.9 Å². The Kier molecular flexibility index (Phi) is 5.34. The highest BCUT2D eigenvalue weighted by Gasteiger charge is 2.26. The van der Waals surface area contributed by atoms with Crippen LogP contribution in [0.4, 0.5) is 0 Å². The van der Waals surface area contributed by atoms with E-state index in [2.05, 4.69) is 10.5 Å². The Morgan fingerprint density at radius 2 is 2.00 bits per heavy atom. The quantitative estimate of drug-likeness (QED) is 0.836. The first-order valence-corrected chi connectivity index (χ1v) is 7.07. The fourth-order valence-corrected chi connectivity index (χ4v) is 1.84. The summed E-state index contributed by atoms with van der Waals surface area (Å²) >= 11 is 0. The summed E-state index contributed by atoms with van der Waals surface area (Å²) in [4.78, 5) is 12.1. The minimum Gasteiger partial charge on any atom is -0.388 e. The lowest BCUT2D eigenvalue weighted by molar-refractivity contribution is -0.126. The molecule has 2 unspecified atom stereocenters. The summed E-state index contributed by atoms with van der Waals surface area (Å²) in [5.74, 6) is 0.595. The van der Waals surface area contributed by atoms with Gasteiger partial charge in [0, 0.05) is 18.0 Å². The Bertz CT molecular complexity index is 444. The van der Waals surface area contributed by atoms with E-state index in [9.17, 15) is 9.90 Å². The van der Waals surface area contributed by atoms with E-state index in [1.54, 1.807) is 6.92 Å². The molecule has 0 aliphatic carbocycles. The molecule has 0 radical (unpaired) electrons. The van der Waals surface area contributed by atoms with Gasteiger partial charge in [0.05, 0.1) is 11.3 Å². The van der Waals surface area contributed by atoms with Gasteiger partial charge < -0.3 is 14.9 Å². The van der Waals surface area contributed by atoms with Crippen molar-refractivity contribution >= 4 is 5.91 Å². The van der Waals surface area contributed by atoms with Crippen molar-refractivity contribution in [2.75, 3.05) is 6.54 Å². The molecule has 114 valence electrons. The maximum Gasteiger partial charge on any atom is 0.223 e. The maximum absolute atomic E-state index is 12.1. The minimum absolute atomic E-state index is 0.0640. The number of carbonyl (C=O) groups excluding carboxylic acids is 1. The molecule has 0 aliphatic rings. The van der Waals surface area contributed by atoms with Crippen molar-refractivity contribution in [3.05, 3.63) is 17.0 Å². The zero-order valence-electron chi connectivity index (χ0n) is 13.3. The second kappa shape index (κ2) is 6.39. The van der Waals surface area contributed by atoms with Crippen molar-refractivity contribution in [3.8, 4) is 0 Å². The van der Waals surface area contributed by atoms with Crippen LogP contribution in [-0.4, -0.2) is 28.3 Å². The van der Waals surface area contributed by atoms with Crippen molar-refractivity contribution in [3.63, 3.8) is 0 Å². The first-order valence-electron chi connectivity index (χ1n) is 7.07. The van der Waals surface area contributed by atoms with E-state index in [1.807, 2.05) is 34.6 Å². The number of aliphatic hydroxyl groups is 1. The minimum atomic E-state index is -0.890. The van der Waals surface area contributed by atoms with Gasteiger partial charge in [0.2, 0.25) is 5.91 Å². The average molecular weight is 282 g/mol. The second-order valence-corrected chi connectivity index (χ2v) is 6.14. The SMILES string of the molecule is Cc1noc(C)c1CC(C)C(=O)NCC(C)(O)C(C)C. The largest absolute Gasteiger partial charge is 0.388 e. The Balaban J connectivity index is 2.56. The van der Waals surface area contributed by atoms with Crippen LogP contribution >= 0.6 is 0 Å². The number of aryl methyl sites for hydroxylation is 2. The Morgan fingerprint density at radius 3 is 2.45 bits per heavy atom. The predicted octanol–water partition coefficient (Wildman–Crippen LogP) is 1.99. The molecule has 0 aliphatic heterocycles. The van der Waals surface area contributed by atoms with E-state index in [1.165, 1.54) is 0 Å². The summed E-state index contributed by atoms with van der Waals surface area (Å²) < 4.78 is 5.10. The number of carbonyl (C=O) groups is 1. The Morgan fingerprint density at radius 1 is 1.40 bits per heavy atom. The number of hydrogen-bond donors (Lipinski definition) is 2. The highest BCUT2D eigenvalue weighted by molar-refractivity contribution is 5.78. The molecule has 1 rings (SSSR count). The van der Waals surface area contributed by atoms with Crippen molar-refractivity contribution in [2.24, 2.45) is 11.8 Å². The van der Waals surface area contributed by atoms with Crippen LogP contribution in [0.2, 0.25) is 0 Å². The van der Waals surface area contributed by atoms with Crippen LogP contribution in [0, 0.1) is 25.7 Å². The first kappa shape index (κ1) is 16.7. The highest BCUT2D eigenvalue weighted by Crippen LogP contribution is 2.18. The third-order valence-corrected chi connectivity index (χ3v) is 4.00. The molecule has 20 heavy (non-hydrogen) atoms. The predicted molar refractivity (Wildman–Crippen MR) is 77.3 cm³/mol. The van der Waals surface area contributed by atoms with E-state index in [-0.39, 0.29) is 24.3 Å². The van der Waals surface area contributed by atoms with Crippen molar-refractivity contribution in [1.29, 1.82) is 0 Å². The van der Waals surface area contributed by atoms with Crippen LogP contribution in [0.3, 0.4) is 0 Å². The third kappa shape index (κ3) is 4.07. The summed E-state index contributed by atoms with van der Waals surface area (Å²) in [6.45, 7) is 11.4. The molecule has 0 aromatic carbocycles. The van der Waals surface area contributed by atoms with Gasteiger partial charge in [0.25, 0.3) is 0 Å². The lowest BCUT2D eigenvalue weighted by Crippen LogP contribution is -2.45. The molecule has 1 aromatic heterocycles. The highest BCUT2D eigenvalue weighted by atomic mass is 16.5. The van der Waals surface area contributed by atoms with Gasteiger partial charge in [-0.25, -0.2) is 0 Å². The zero-order chi connectivity index (χ0) is 15.5. The van der Waals surface area contributed by atoms with Gasteiger partial charge in [-0.2, -0.15) is 0 Å². The molecule has 2 N–H and O–H groups in total. The van der Waals surface area contributed by atoms with Crippen LogP contribution in [0.25, 0.3) is 0 Å². The summed E-state index contributed by atoms with van der Waals surface area (Å²) in [6, 6.07) is 0. The van der Waals surface area contributed by atoms with Gasteiger partial charge in [-0.15, -0.1) is 0 Å². The molecule has 1 aromatic rings. The molecule has 0 saturated heterocycles. The van der Waals surface area contributed by atoms with Crippen LogP contribution < -0.4 is 5.32 Å². The third-order valence-electron chi connectivity index (χ3n) is 4.00. The summed E-state index contributed by atoms with van der Waals surface area (Å²) in [7, 11) is 0. The first-order chi connectivity index (χ1) is 9.15. The van der Waals surface area contributed by atoms with Gasteiger partial charge in [-0.3, -0.25) is 4.79 Å². The lowest BCUT2D eigenvalue weighted by Gasteiger charge is -2.28. The number of nitrogens with one attached hydrogen (secondary N) is 1. The van der Waals surface area contributed by atoms with E-state index in [4.69, 9.17) is 4.52 Å². The van der Waals surface area contributed by atoms with Crippen molar-refractivity contribution in [2.45, 2.75) is 53.6 Å². The number of amides is 1. The smallest absolute Gasteiger partial charge is 0.223 e. The van der Waals surface area contributed by atoms with E-state index in [0.29, 0.717) is 6.42 Å². The van der Waals surface area contributed by atoms with Crippen LogP contribution in [0.15, 0.2) is 4.52 Å². The van der Waals surface area contributed by atoms with Crippen molar-refractivity contribution in [1.82, 2.24) is 10.5 Å². The maximum atomic E-state index is 12.1. The Hall–Kier alpha value is -1.36. The monoisotopic (exact) mass is 282 g/mol. The topological polar surface area (TPSA) is 75.4 Å². The molecule has 5 nitrogen and oxygen atoms in total. The molecule has 0 bridgehead atoms. The zero-order valence-corrected chi connectivity index (χ0v) is 13.3. The van der Waals surface area contributed by atoms with Gasteiger partial charge >= 0.3 is 0 Å². The van der Waals surface area contributed by atoms with Gasteiger partial charge in [-0.05, 0) is 33.1 Å². The van der Waals surface area contributed by atoms with Gasteiger partial charge in [0.15, 0.2) is 0 Å². The van der Waals surface area contributed by atoms with Crippen LogP contribution in [0.1, 0.15) is 44.7 Å². The fraction of sp³-hybridized carbons (Fsp3) is 0.733. The van der Waals surface area contributed by atoms with Crippen LogP contribution in [0.5, 0.6) is 0 Å². The number of aromatic nitrogens is 1. The van der Waals surface area contributed by atoms with E-state index in [0.717, 1.165) is 17.0 Å². The molecule has 1 heterocycles. The van der Waals surface area contributed by atoms with E-state index >= 15 is 0 Å². The molecular formula is C15H26N2O3. The number of rotatable bonds is 6. The molecule has 5 heteroatoms. The normalized spacial score (nSPS) is 16.0. The second-order valence-electron chi connectivity index (χ2n) is 6.14. The lowest BCUT2D eigenvalue weighted by atomic mass is 9.92. The molecule has 0 saturated carbocycles. The molecule has 0 spiro atoms. The number of nitrogens with zero attached hydrogens (tertiary/aromatic N) is 1. The molecule has 0 fully saturated rings. The summed E-state index contributed by atoms with van der Waals surface area (Å²) in [5.41, 5.74) is 0.929.